The molecule has 0 saturated heterocycles. The minimum absolute atomic E-state index is 0.00587. The number of aliphatic hydroxyl groups is 1. The average molecular weight is 215 g/mol. The van der Waals surface area contributed by atoms with Gasteiger partial charge in [0.05, 0.1) is 18.3 Å². The van der Waals surface area contributed by atoms with Crippen molar-refractivity contribution in [2.24, 2.45) is 0 Å². The van der Waals surface area contributed by atoms with Crippen molar-refractivity contribution >= 4 is 16.5 Å². The van der Waals surface area contributed by atoms with Crippen LogP contribution in [0, 0.1) is 0 Å². The Balaban J connectivity index is 2.10. The third-order valence-corrected chi connectivity index (χ3v) is 2.87. The molecule has 1 aliphatic rings. The van der Waals surface area contributed by atoms with Crippen LogP contribution in [0.15, 0.2) is 36.4 Å². The lowest BCUT2D eigenvalue weighted by atomic mass is 10.1. The molecule has 0 spiro atoms. The van der Waals surface area contributed by atoms with E-state index in [0.29, 0.717) is 6.61 Å². The molecule has 0 aromatic heterocycles. The van der Waals surface area contributed by atoms with Crippen LogP contribution in [0.25, 0.3) is 10.8 Å². The van der Waals surface area contributed by atoms with Gasteiger partial charge in [-0.2, -0.15) is 0 Å². The molecule has 0 amide bonds. The molecule has 16 heavy (non-hydrogen) atoms. The van der Waals surface area contributed by atoms with Gasteiger partial charge in [-0.1, -0.05) is 24.3 Å². The SMILES string of the molecule is OCC1COc2cc3ccccc3cc2N1. The van der Waals surface area contributed by atoms with Crippen LogP contribution in [0.1, 0.15) is 0 Å². The van der Waals surface area contributed by atoms with E-state index in [4.69, 9.17) is 9.84 Å². The van der Waals surface area contributed by atoms with Crippen molar-refractivity contribution < 1.29 is 9.84 Å². The molecule has 0 fully saturated rings. The number of hydrogen-bond acceptors (Lipinski definition) is 3. The van der Waals surface area contributed by atoms with Gasteiger partial charge in [0.15, 0.2) is 0 Å². The summed E-state index contributed by atoms with van der Waals surface area (Å²) in [4.78, 5) is 0. The quantitative estimate of drug-likeness (QED) is 0.764. The fraction of sp³-hybridized carbons (Fsp3) is 0.231. The number of fused-ring (bicyclic) bond motifs is 2. The van der Waals surface area contributed by atoms with E-state index >= 15 is 0 Å². The van der Waals surface area contributed by atoms with Crippen LogP contribution in [0.5, 0.6) is 5.75 Å². The highest BCUT2D eigenvalue weighted by molar-refractivity contribution is 5.89. The maximum Gasteiger partial charge on any atom is 0.143 e. The van der Waals surface area contributed by atoms with Crippen LogP contribution in [0.3, 0.4) is 0 Å². The molecule has 82 valence electrons. The van der Waals surface area contributed by atoms with Gasteiger partial charge in [-0.3, -0.25) is 0 Å². The van der Waals surface area contributed by atoms with Gasteiger partial charge in [0, 0.05) is 0 Å². The maximum absolute atomic E-state index is 9.09. The molecule has 0 bridgehead atoms. The smallest absolute Gasteiger partial charge is 0.143 e. The summed E-state index contributed by atoms with van der Waals surface area (Å²) in [6.45, 7) is 0.605. The lowest BCUT2D eigenvalue weighted by Crippen LogP contribution is -2.34. The number of aliphatic hydroxyl groups excluding tert-OH is 1. The molecule has 2 N–H and O–H groups in total. The van der Waals surface area contributed by atoms with Gasteiger partial charge in [-0.05, 0) is 22.9 Å². The first-order chi connectivity index (χ1) is 7.86. The molecule has 3 nitrogen and oxygen atoms in total. The molecule has 1 unspecified atom stereocenters. The Morgan fingerprint density at radius 3 is 2.75 bits per heavy atom. The van der Waals surface area contributed by atoms with Crippen LogP contribution in [-0.2, 0) is 0 Å². The summed E-state index contributed by atoms with van der Waals surface area (Å²) in [5.41, 5.74) is 0.962. The number of benzene rings is 2. The van der Waals surface area contributed by atoms with Crippen molar-refractivity contribution in [3.8, 4) is 5.75 Å². The van der Waals surface area contributed by atoms with E-state index < -0.39 is 0 Å². The predicted molar refractivity (Wildman–Crippen MR) is 63.9 cm³/mol. The van der Waals surface area contributed by atoms with E-state index in [0.717, 1.165) is 11.4 Å². The highest BCUT2D eigenvalue weighted by Gasteiger charge is 2.18. The van der Waals surface area contributed by atoms with E-state index in [1.807, 2.05) is 18.2 Å². The van der Waals surface area contributed by atoms with Crippen molar-refractivity contribution in [2.45, 2.75) is 6.04 Å². The van der Waals surface area contributed by atoms with Gasteiger partial charge in [0.25, 0.3) is 0 Å². The minimum Gasteiger partial charge on any atom is -0.489 e. The molecule has 1 heterocycles. The van der Waals surface area contributed by atoms with Crippen molar-refractivity contribution in [3.05, 3.63) is 36.4 Å². The first-order valence-electron chi connectivity index (χ1n) is 5.40. The number of rotatable bonds is 1. The average Bonchev–Trinajstić information content (AvgIpc) is 2.35. The Kier molecular flexibility index (Phi) is 2.18. The minimum atomic E-state index is -0.00587. The van der Waals surface area contributed by atoms with Gasteiger partial charge in [-0.15, -0.1) is 0 Å². The molecular formula is C13H13NO2. The summed E-state index contributed by atoms with van der Waals surface area (Å²) < 4.78 is 5.61. The van der Waals surface area contributed by atoms with E-state index in [2.05, 4.69) is 23.5 Å². The van der Waals surface area contributed by atoms with Crippen molar-refractivity contribution in [1.29, 1.82) is 0 Å². The van der Waals surface area contributed by atoms with Gasteiger partial charge in [-0.25, -0.2) is 0 Å². The summed E-state index contributed by atoms with van der Waals surface area (Å²) >= 11 is 0. The van der Waals surface area contributed by atoms with E-state index in [1.165, 1.54) is 10.8 Å². The first-order valence-corrected chi connectivity index (χ1v) is 5.40. The molecule has 0 radical (unpaired) electrons. The maximum atomic E-state index is 9.09. The lowest BCUT2D eigenvalue weighted by molar-refractivity contribution is 0.208. The zero-order valence-electron chi connectivity index (χ0n) is 8.81. The van der Waals surface area contributed by atoms with Gasteiger partial charge >= 0.3 is 0 Å². The van der Waals surface area contributed by atoms with Gasteiger partial charge in [0.2, 0.25) is 0 Å². The summed E-state index contributed by atoms with van der Waals surface area (Å²) in [6.07, 6.45) is 0. The van der Waals surface area contributed by atoms with Crippen LogP contribution >= 0.6 is 0 Å². The third kappa shape index (κ3) is 1.49. The number of ether oxygens (including phenoxy) is 1. The van der Waals surface area contributed by atoms with Crippen LogP contribution in [0.4, 0.5) is 5.69 Å². The fourth-order valence-electron chi connectivity index (χ4n) is 2.00. The monoisotopic (exact) mass is 215 g/mol. The topological polar surface area (TPSA) is 41.5 Å². The van der Waals surface area contributed by atoms with Crippen molar-refractivity contribution in [1.82, 2.24) is 0 Å². The predicted octanol–water partition coefficient (Wildman–Crippen LogP) is 2.00. The van der Waals surface area contributed by atoms with Crippen LogP contribution in [-0.4, -0.2) is 24.4 Å². The van der Waals surface area contributed by atoms with Crippen LogP contribution < -0.4 is 10.1 Å². The lowest BCUT2D eigenvalue weighted by Gasteiger charge is -2.26. The largest absolute Gasteiger partial charge is 0.489 e. The molecule has 2 aromatic carbocycles. The van der Waals surface area contributed by atoms with E-state index in [1.54, 1.807) is 0 Å². The molecule has 2 aromatic rings. The first kappa shape index (κ1) is 9.48. The molecular weight excluding hydrogens is 202 g/mol. The fourth-order valence-corrected chi connectivity index (χ4v) is 2.00. The second-order valence-electron chi connectivity index (χ2n) is 4.03. The Bertz CT molecular complexity index is 524. The molecule has 1 atom stereocenters. The summed E-state index contributed by atoms with van der Waals surface area (Å²) in [6, 6.07) is 12.3. The Morgan fingerprint density at radius 1 is 1.25 bits per heavy atom. The Hall–Kier alpha value is -1.74. The highest BCUT2D eigenvalue weighted by atomic mass is 16.5. The van der Waals surface area contributed by atoms with Gasteiger partial charge in [0.1, 0.15) is 12.4 Å². The zero-order valence-corrected chi connectivity index (χ0v) is 8.81. The van der Waals surface area contributed by atoms with E-state index in [9.17, 15) is 0 Å². The number of hydrogen-bond donors (Lipinski definition) is 2. The summed E-state index contributed by atoms with van der Waals surface area (Å²) in [5.74, 6) is 0.864. The summed E-state index contributed by atoms with van der Waals surface area (Å²) in [7, 11) is 0. The molecule has 0 aliphatic carbocycles. The molecule has 3 rings (SSSR count). The van der Waals surface area contributed by atoms with Crippen molar-refractivity contribution in [2.75, 3.05) is 18.5 Å². The molecule has 0 saturated carbocycles. The third-order valence-electron chi connectivity index (χ3n) is 2.87. The van der Waals surface area contributed by atoms with Crippen molar-refractivity contribution in [3.63, 3.8) is 0 Å². The van der Waals surface area contributed by atoms with Crippen LogP contribution in [0.2, 0.25) is 0 Å². The van der Waals surface area contributed by atoms with Gasteiger partial charge < -0.3 is 15.2 Å². The number of anilines is 1. The zero-order chi connectivity index (χ0) is 11.0. The molecule has 3 heteroatoms. The number of nitrogens with one attached hydrogen (secondary N) is 1. The summed E-state index contributed by atoms with van der Waals surface area (Å²) in [5, 5.41) is 14.7. The Morgan fingerprint density at radius 2 is 2.00 bits per heavy atom. The second-order valence-corrected chi connectivity index (χ2v) is 4.03. The highest BCUT2D eigenvalue weighted by Crippen LogP contribution is 2.33. The second kappa shape index (κ2) is 3.68. The van der Waals surface area contributed by atoms with E-state index in [-0.39, 0.29) is 12.6 Å². The standard InChI is InChI=1S/C13H13NO2/c15-7-11-8-16-13-6-10-4-2-1-3-9(10)5-12(13)14-11/h1-6,11,14-15H,7-8H2. The Labute approximate surface area is 93.7 Å². The normalized spacial score (nSPS) is 18.7. The molecule has 1 aliphatic heterocycles.